The smallest absolute Gasteiger partial charge is 0.662 e. The summed E-state index contributed by atoms with van der Waals surface area (Å²) in [7, 11) is 0. The molecule has 0 radical (unpaired) electrons. The number of urea groups is 1. The van der Waals surface area contributed by atoms with Crippen molar-refractivity contribution in [2.75, 3.05) is 31.5 Å². The summed E-state index contributed by atoms with van der Waals surface area (Å²) in [6.07, 6.45) is 4.61. The summed E-state index contributed by atoms with van der Waals surface area (Å²) in [5.41, 5.74) is 1.21. The van der Waals surface area contributed by atoms with Crippen LogP contribution >= 0.6 is 23.2 Å². The number of carbonyl (C=O) groups is 4. The van der Waals surface area contributed by atoms with Crippen LogP contribution in [0, 0.1) is 11.8 Å². The van der Waals surface area contributed by atoms with Crippen molar-refractivity contribution in [3.8, 4) is 0 Å². The minimum atomic E-state index is -0.844. The fourth-order valence-corrected chi connectivity index (χ4v) is 3.98. The number of aliphatic carboxylic acids is 2. The molecule has 2 aromatic carbocycles. The van der Waals surface area contributed by atoms with Gasteiger partial charge >= 0.3 is 47.5 Å². The molecule has 2 heterocycles. The number of isocyanates is 1. The van der Waals surface area contributed by atoms with Gasteiger partial charge in [-0.25, -0.2) is 9.59 Å². The van der Waals surface area contributed by atoms with Crippen molar-refractivity contribution in [2.24, 2.45) is 16.8 Å². The molecule has 4 rings (SSSR count). The molecule has 2 aliphatic heterocycles. The van der Waals surface area contributed by atoms with Crippen LogP contribution in [0.4, 0.5) is 16.2 Å². The van der Waals surface area contributed by atoms with Crippen LogP contribution in [0.2, 0.25) is 10.0 Å². The number of hydrogen-bond acceptors (Lipinski definition) is 9. The van der Waals surface area contributed by atoms with E-state index < -0.39 is 17.9 Å². The van der Waals surface area contributed by atoms with Gasteiger partial charge in [0.05, 0.1) is 17.5 Å². The van der Waals surface area contributed by atoms with Crippen LogP contribution < -0.4 is 45.4 Å². The van der Waals surface area contributed by atoms with Crippen LogP contribution in [0.25, 0.3) is 0 Å². The molecule has 2 aliphatic rings. The largest absolute Gasteiger partial charge is 1.00 e. The Kier molecular flexibility index (Phi) is 24.8. The third-order valence-electron chi connectivity index (χ3n) is 5.84. The van der Waals surface area contributed by atoms with Crippen LogP contribution in [-0.2, 0) is 24.1 Å². The fraction of sp³-hybridized carbons (Fsp3) is 0.370. The molecule has 0 saturated carbocycles. The van der Waals surface area contributed by atoms with Crippen LogP contribution in [0.1, 0.15) is 25.7 Å². The Morgan fingerprint density at radius 1 is 1.00 bits per heavy atom. The predicted octanol–water partition coefficient (Wildman–Crippen LogP) is -0.340. The molecule has 14 nitrogen and oxygen atoms in total. The number of nitrogens with zero attached hydrogens (tertiary/aromatic N) is 2. The van der Waals surface area contributed by atoms with Gasteiger partial charge in [0.2, 0.25) is 6.08 Å². The number of carbonyl (C=O) groups excluding carboxylic acids is 3. The first-order chi connectivity index (χ1) is 20.1. The van der Waals surface area contributed by atoms with E-state index in [1.54, 1.807) is 48.5 Å². The minimum absolute atomic E-state index is 0. The third-order valence-corrected chi connectivity index (χ3v) is 6.34. The van der Waals surface area contributed by atoms with Gasteiger partial charge in [-0.15, -0.1) is 0 Å². The molecule has 2 aromatic rings. The first-order valence-corrected chi connectivity index (χ1v) is 13.4. The topological polar surface area (TPSA) is 229 Å². The minimum Gasteiger partial charge on any atom is -0.662 e. The number of anilines is 1. The Morgan fingerprint density at radius 3 is 1.95 bits per heavy atom. The third kappa shape index (κ3) is 18.6. The van der Waals surface area contributed by atoms with Crippen molar-refractivity contribution in [1.29, 1.82) is 0 Å². The van der Waals surface area contributed by atoms with Gasteiger partial charge < -0.3 is 41.4 Å². The standard InChI is InChI=1S/C13H15ClN2O3.C7H4ClNO.C6H11NO2.CH2O3.Na.H2O/c14-10-3-5-11(6-4-10)15-13(19)16-7-1-2-9(8-16)12(17)18;8-6-1-3-7(4-2-6)9-5-10;8-6(9)5-2-1-3-7-4-5;2-1-4-3;;/h3-6,9H,1-2,7-8H2,(H,15,19)(H,17,18);1-4H;5,7H,1-4H2,(H,8,9);1,3H;;1H2/q;;;;+1;/p-1. The summed E-state index contributed by atoms with van der Waals surface area (Å²) < 4.78 is 0. The Labute approximate surface area is 285 Å². The number of piperidine rings is 2. The molecule has 2 saturated heterocycles. The van der Waals surface area contributed by atoms with Gasteiger partial charge in [-0.1, -0.05) is 23.2 Å². The van der Waals surface area contributed by atoms with Crippen molar-refractivity contribution in [3.63, 3.8) is 0 Å². The van der Waals surface area contributed by atoms with E-state index in [0.717, 1.165) is 19.4 Å². The Hall–Kier alpha value is -3.04. The average molecular weight is 667 g/mol. The molecule has 0 aliphatic carbocycles. The number of rotatable bonds is 5. The van der Waals surface area contributed by atoms with Crippen LogP contribution in [0.15, 0.2) is 53.5 Å². The van der Waals surface area contributed by atoms with E-state index >= 15 is 0 Å². The summed E-state index contributed by atoms with van der Waals surface area (Å²) in [5.74, 6) is -2.12. The van der Waals surface area contributed by atoms with Crippen molar-refractivity contribution in [3.05, 3.63) is 58.6 Å². The van der Waals surface area contributed by atoms with Gasteiger partial charge in [-0.05, 0) is 80.8 Å². The second kappa shape index (κ2) is 25.3. The Bertz CT molecular complexity index is 1180. The number of carboxylic acids is 2. The number of carboxylic acid groups (broad SMARTS) is 2. The van der Waals surface area contributed by atoms with Crippen LogP contribution in [0.5, 0.6) is 0 Å². The molecule has 0 spiro atoms. The summed E-state index contributed by atoms with van der Waals surface area (Å²) >= 11 is 11.3. The Balaban J connectivity index is 0. The van der Waals surface area contributed by atoms with Crippen molar-refractivity contribution in [2.45, 2.75) is 25.7 Å². The van der Waals surface area contributed by atoms with E-state index in [-0.39, 0.29) is 60.0 Å². The number of aliphatic imine (C=N–C) groups is 1. The normalized spacial score (nSPS) is 16.3. The number of halogens is 2. The second-order valence-corrected chi connectivity index (χ2v) is 9.69. The molecule has 17 heteroatoms. The molecule has 0 bridgehead atoms. The summed E-state index contributed by atoms with van der Waals surface area (Å²) in [6.45, 7) is 2.29. The number of benzene rings is 2. The monoisotopic (exact) mass is 666 g/mol. The summed E-state index contributed by atoms with van der Waals surface area (Å²) in [4.78, 5) is 59.2. The SMILES string of the molecule is O.O=C(O)C1CCCN(C(=O)Nc2ccc(Cl)cc2)C1.O=C(O)C1CCCNC1.O=C=Nc1ccc(Cl)cc1.O=CO[O-].[Na+]. The zero-order valence-electron chi connectivity index (χ0n) is 23.9. The molecule has 2 fully saturated rings. The molecule has 2 atom stereocenters. The summed E-state index contributed by atoms with van der Waals surface area (Å²) in [5, 5.41) is 32.9. The van der Waals surface area contributed by atoms with E-state index in [9.17, 15) is 19.2 Å². The molecule has 2 amide bonds. The first-order valence-electron chi connectivity index (χ1n) is 12.6. The maximum atomic E-state index is 12.0. The fourth-order valence-electron chi connectivity index (χ4n) is 3.73. The van der Waals surface area contributed by atoms with E-state index in [1.165, 1.54) is 11.0 Å². The quantitative estimate of drug-likeness (QED) is 0.0810. The van der Waals surface area contributed by atoms with Gasteiger partial charge in [0.15, 0.2) is 0 Å². The maximum absolute atomic E-state index is 12.0. The average Bonchev–Trinajstić information content (AvgIpc) is 3.01. The predicted molar refractivity (Wildman–Crippen MR) is 156 cm³/mol. The van der Waals surface area contributed by atoms with Gasteiger partial charge in [-0.2, -0.15) is 4.99 Å². The van der Waals surface area contributed by atoms with E-state index in [2.05, 4.69) is 20.5 Å². The van der Waals surface area contributed by atoms with E-state index in [1.807, 2.05) is 0 Å². The van der Waals surface area contributed by atoms with Gasteiger partial charge in [0.1, 0.15) is 0 Å². The van der Waals surface area contributed by atoms with Crippen LogP contribution in [-0.4, -0.2) is 77.3 Å². The van der Waals surface area contributed by atoms with Gasteiger partial charge in [0, 0.05) is 35.4 Å². The molecule has 0 aromatic heterocycles. The number of hydrogen-bond donors (Lipinski definition) is 4. The molecular weight excluding hydrogens is 634 g/mol. The maximum Gasteiger partial charge on any atom is 1.00 e. The zero-order chi connectivity index (χ0) is 31.3. The van der Waals surface area contributed by atoms with Crippen molar-refractivity contribution in [1.82, 2.24) is 10.2 Å². The second-order valence-electron chi connectivity index (χ2n) is 8.81. The molecular formula is C27H33Cl2N4NaO10. The zero-order valence-corrected chi connectivity index (χ0v) is 27.4. The Morgan fingerprint density at radius 2 is 1.52 bits per heavy atom. The van der Waals surface area contributed by atoms with Gasteiger partial charge in [0.25, 0.3) is 6.47 Å². The van der Waals surface area contributed by atoms with Crippen molar-refractivity contribution >= 4 is 65.1 Å². The summed E-state index contributed by atoms with van der Waals surface area (Å²) in [6, 6.07) is 13.1. The number of nitrogens with one attached hydrogen (secondary N) is 2. The van der Waals surface area contributed by atoms with Crippen LogP contribution in [0.3, 0.4) is 0 Å². The molecule has 2 unspecified atom stereocenters. The van der Waals surface area contributed by atoms with E-state index in [0.29, 0.717) is 47.4 Å². The van der Waals surface area contributed by atoms with Crippen molar-refractivity contribution < 1.29 is 79.4 Å². The molecule has 236 valence electrons. The number of amides is 2. The molecule has 44 heavy (non-hydrogen) atoms. The first kappa shape index (κ1) is 43.1. The van der Waals surface area contributed by atoms with Gasteiger partial charge in [-0.3, -0.25) is 14.4 Å². The number of likely N-dealkylation sites (tertiary alicyclic amines) is 1. The molecule has 6 N–H and O–H groups in total. The van der Waals surface area contributed by atoms with E-state index in [4.69, 9.17) is 43.5 Å².